The van der Waals surface area contributed by atoms with Gasteiger partial charge >= 0.3 is 0 Å². The zero-order chi connectivity index (χ0) is 43.7. The molecule has 0 atom stereocenters. The van der Waals surface area contributed by atoms with E-state index in [2.05, 4.69) is 250 Å². The molecule has 310 valence electrons. The Morgan fingerprint density at radius 1 is 0.343 bits per heavy atom. The molecule has 7 heteroatoms. The lowest BCUT2D eigenvalue weighted by Crippen LogP contribution is -2.66. The molecule has 5 heterocycles. The molecule has 4 aliphatic rings. The fourth-order valence-corrected chi connectivity index (χ4v) is 12.0. The number of benzene rings is 10. The summed E-state index contributed by atoms with van der Waals surface area (Å²) in [6.45, 7) is -0.0463. The first kappa shape index (κ1) is 36.6. The maximum Gasteiger partial charge on any atom is 0.256 e. The number of para-hydroxylation sites is 7. The van der Waals surface area contributed by atoms with Crippen molar-refractivity contribution in [3.8, 4) is 17.2 Å². The van der Waals surface area contributed by atoms with Crippen molar-refractivity contribution in [1.82, 2.24) is 4.57 Å². The third-order valence-corrected chi connectivity index (χ3v) is 14.5. The van der Waals surface area contributed by atoms with Gasteiger partial charge in [-0.3, -0.25) is 0 Å². The van der Waals surface area contributed by atoms with Crippen LogP contribution >= 0.6 is 0 Å². The highest BCUT2D eigenvalue weighted by Crippen LogP contribution is 2.47. The summed E-state index contributed by atoms with van der Waals surface area (Å²) in [5, 5.41) is 2.58. The van der Waals surface area contributed by atoms with Gasteiger partial charge in [0.25, 0.3) is 13.4 Å². The number of anilines is 9. The quantitative estimate of drug-likeness (QED) is 0.149. The Kier molecular flexibility index (Phi) is 7.61. The van der Waals surface area contributed by atoms with Crippen molar-refractivity contribution < 1.29 is 4.74 Å². The van der Waals surface area contributed by atoms with E-state index in [1.165, 1.54) is 60.3 Å². The summed E-state index contributed by atoms with van der Waals surface area (Å²) in [6, 6.07) is 83.8. The number of hydrogen-bond acceptors (Lipinski definition) is 4. The largest absolute Gasteiger partial charge is 0.458 e. The van der Waals surface area contributed by atoms with Crippen LogP contribution in [0.4, 0.5) is 51.2 Å². The molecule has 0 fully saturated rings. The fourth-order valence-electron chi connectivity index (χ4n) is 12.0. The second-order valence-corrected chi connectivity index (χ2v) is 18.0. The lowest BCUT2D eigenvalue weighted by atomic mass is 9.30. The van der Waals surface area contributed by atoms with E-state index in [1.807, 2.05) is 0 Å². The van der Waals surface area contributed by atoms with Crippen LogP contribution in [-0.2, 0) is 0 Å². The van der Waals surface area contributed by atoms with Gasteiger partial charge in [-0.05, 0) is 112 Å². The van der Waals surface area contributed by atoms with Gasteiger partial charge in [-0.25, -0.2) is 0 Å². The van der Waals surface area contributed by atoms with Crippen LogP contribution in [0.25, 0.3) is 27.5 Å². The van der Waals surface area contributed by atoms with Gasteiger partial charge < -0.3 is 24.0 Å². The summed E-state index contributed by atoms with van der Waals surface area (Å²) in [7, 11) is 0. The van der Waals surface area contributed by atoms with Crippen molar-refractivity contribution in [1.29, 1.82) is 0 Å². The second kappa shape index (κ2) is 13.9. The number of ether oxygens (including phenoxy) is 1. The predicted molar refractivity (Wildman–Crippen MR) is 281 cm³/mol. The molecule has 0 amide bonds. The number of hydrogen-bond donors (Lipinski definition) is 0. The van der Waals surface area contributed by atoms with Crippen molar-refractivity contribution in [3.05, 3.63) is 231 Å². The van der Waals surface area contributed by atoms with Gasteiger partial charge in [0.05, 0.1) is 0 Å². The van der Waals surface area contributed by atoms with Gasteiger partial charge in [0.2, 0.25) is 0 Å². The first-order valence-electron chi connectivity index (χ1n) is 23.2. The molecule has 0 spiro atoms. The molecular formula is C60H38B2N4O. The van der Waals surface area contributed by atoms with E-state index in [0.29, 0.717) is 0 Å². The summed E-state index contributed by atoms with van der Waals surface area (Å²) in [5.74, 6) is 1.77. The highest BCUT2D eigenvalue weighted by atomic mass is 16.5. The third kappa shape index (κ3) is 5.11. The number of aromatic nitrogens is 1. The molecule has 0 unspecified atom stereocenters. The Labute approximate surface area is 389 Å². The van der Waals surface area contributed by atoms with E-state index in [9.17, 15) is 0 Å². The first-order valence-corrected chi connectivity index (χ1v) is 23.2. The van der Waals surface area contributed by atoms with Crippen molar-refractivity contribution >= 4 is 119 Å². The van der Waals surface area contributed by atoms with Crippen LogP contribution in [0.15, 0.2) is 231 Å². The molecule has 5 nitrogen and oxygen atoms in total. The van der Waals surface area contributed by atoms with Crippen LogP contribution < -0.4 is 52.2 Å². The molecular weight excluding hydrogens is 814 g/mol. The molecule has 0 saturated heterocycles. The average molecular weight is 853 g/mol. The topological polar surface area (TPSA) is 23.9 Å². The van der Waals surface area contributed by atoms with Gasteiger partial charge in [-0.15, -0.1) is 0 Å². The maximum atomic E-state index is 7.44. The molecule has 1 aromatic heterocycles. The Hall–Kier alpha value is -8.67. The fraction of sp³-hybridized carbons (Fsp3) is 0. The minimum Gasteiger partial charge on any atom is -0.458 e. The van der Waals surface area contributed by atoms with Gasteiger partial charge in [-0.2, -0.15) is 0 Å². The van der Waals surface area contributed by atoms with E-state index in [0.717, 1.165) is 62.7 Å². The molecule has 11 aromatic rings. The third-order valence-electron chi connectivity index (χ3n) is 14.5. The van der Waals surface area contributed by atoms with Crippen molar-refractivity contribution in [3.63, 3.8) is 0 Å². The Bertz CT molecular complexity index is 3710. The predicted octanol–water partition coefficient (Wildman–Crippen LogP) is 11.3. The van der Waals surface area contributed by atoms with E-state index in [4.69, 9.17) is 4.74 Å². The summed E-state index contributed by atoms with van der Waals surface area (Å²) >= 11 is 0. The zero-order valence-electron chi connectivity index (χ0n) is 36.3. The monoisotopic (exact) mass is 852 g/mol. The Morgan fingerprint density at radius 3 is 1.36 bits per heavy atom. The SMILES string of the molecule is c1ccc(N(c2ccccc2)c2ccc3c(c2)Oc2cc4c5c6c2B3c2cccc3c7cccc(c7n-6c23)B5c2ccc(N(c3ccccc3)c3ccccc3)cc2N4c2ccccc2)cc1. The standard InChI is InChI=1S/C60H38B2N4O/c1-6-18-39(19-7-1)63(40-20-8-2-9-21-40)44-32-34-48-52(36-44)65(43-26-14-5-15-27-43)53-38-55-57-60-56(53)61(48)50-30-16-28-46-47-29-17-31-51(59(47)66(60)58(46)50)62(57)49-35-33-45(37-54(49)67-55)64(41-22-10-3-11-23-41)42-24-12-4-13-25-42/h1-38H. The average Bonchev–Trinajstić information content (AvgIpc) is 3.74. The minimum atomic E-state index is -0.0306. The Balaban J connectivity index is 1.02. The smallest absolute Gasteiger partial charge is 0.256 e. The number of nitrogens with zero attached hydrogens (tertiary/aromatic N) is 4. The number of rotatable bonds is 7. The lowest BCUT2D eigenvalue weighted by Gasteiger charge is -2.44. The molecule has 15 rings (SSSR count). The van der Waals surface area contributed by atoms with E-state index in [1.54, 1.807) is 0 Å². The van der Waals surface area contributed by atoms with Crippen molar-refractivity contribution in [2.75, 3.05) is 14.7 Å². The van der Waals surface area contributed by atoms with Gasteiger partial charge in [0.1, 0.15) is 11.5 Å². The van der Waals surface area contributed by atoms with Gasteiger partial charge in [0, 0.05) is 90.8 Å². The lowest BCUT2D eigenvalue weighted by molar-refractivity contribution is 0.487. The van der Waals surface area contributed by atoms with E-state index < -0.39 is 0 Å². The van der Waals surface area contributed by atoms with Crippen LogP contribution in [0.2, 0.25) is 0 Å². The molecule has 0 aliphatic carbocycles. The van der Waals surface area contributed by atoms with Crippen molar-refractivity contribution in [2.24, 2.45) is 0 Å². The summed E-state index contributed by atoms with van der Waals surface area (Å²) in [5.41, 5.74) is 21.4. The van der Waals surface area contributed by atoms with E-state index in [-0.39, 0.29) is 13.4 Å². The van der Waals surface area contributed by atoms with E-state index >= 15 is 0 Å². The summed E-state index contributed by atoms with van der Waals surface area (Å²) in [4.78, 5) is 7.19. The highest BCUT2D eigenvalue weighted by molar-refractivity contribution is 7.04. The van der Waals surface area contributed by atoms with Crippen LogP contribution in [-0.4, -0.2) is 18.0 Å². The molecule has 0 saturated carbocycles. The molecule has 4 aliphatic heterocycles. The minimum absolute atomic E-state index is 0.0157. The maximum absolute atomic E-state index is 7.44. The van der Waals surface area contributed by atoms with Gasteiger partial charge in [0.15, 0.2) is 0 Å². The molecule has 0 N–H and O–H groups in total. The molecule has 10 aromatic carbocycles. The molecule has 0 bridgehead atoms. The summed E-state index contributed by atoms with van der Waals surface area (Å²) in [6.07, 6.45) is 0. The van der Waals surface area contributed by atoms with Gasteiger partial charge in [-0.1, -0.05) is 140 Å². The molecule has 0 radical (unpaired) electrons. The van der Waals surface area contributed by atoms with Crippen molar-refractivity contribution in [2.45, 2.75) is 0 Å². The van der Waals surface area contributed by atoms with Crippen LogP contribution in [0.3, 0.4) is 0 Å². The van der Waals surface area contributed by atoms with Crippen LogP contribution in [0.1, 0.15) is 0 Å². The normalized spacial score (nSPS) is 13.1. The Morgan fingerprint density at radius 2 is 0.821 bits per heavy atom. The number of fused-ring (bicyclic) bond motifs is 7. The zero-order valence-corrected chi connectivity index (χ0v) is 36.3. The summed E-state index contributed by atoms with van der Waals surface area (Å²) < 4.78 is 10.1. The van der Waals surface area contributed by atoms with Crippen LogP contribution in [0, 0.1) is 0 Å². The first-order chi connectivity index (χ1) is 33.3. The molecule has 67 heavy (non-hydrogen) atoms. The highest BCUT2D eigenvalue weighted by Gasteiger charge is 2.49. The second-order valence-electron chi connectivity index (χ2n) is 18.0. The van der Waals surface area contributed by atoms with Crippen LogP contribution in [0.5, 0.6) is 11.5 Å².